The Morgan fingerprint density at radius 2 is 2.14 bits per heavy atom. The number of aryl methyl sites for hydroxylation is 3. The third-order valence-corrected chi connectivity index (χ3v) is 2.80. The van der Waals surface area contributed by atoms with E-state index in [2.05, 4.69) is 10.4 Å². The molecule has 112 valence electrons. The van der Waals surface area contributed by atoms with Crippen LogP contribution in [-0.4, -0.2) is 28.3 Å². The number of amides is 1. The zero-order valence-electron chi connectivity index (χ0n) is 12.4. The van der Waals surface area contributed by atoms with Crippen molar-refractivity contribution in [1.29, 1.82) is 0 Å². The lowest BCUT2D eigenvalue weighted by atomic mass is 10.2. The van der Waals surface area contributed by atoms with Crippen molar-refractivity contribution in [1.82, 2.24) is 9.78 Å². The van der Waals surface area contributed by atoms with E-state index >= 15 is 0 Å². The van der Waals surface area contributed by atoms with Crippen LogP contribution in [0.2, 0.25) is 0 Å². The van der Waals surface area contributed by atoms with Gasteiger partial charge in [-0.25, -0.2) is 4.79 Å². The Labute approximate surface area is 121 Å². The fourth-order valence-electron chi connectivity index (χ4n) is 1.97. The van der Waals surface area contributed by atoms with E-state index in [0.29, 0.717) is 5.76 Å². The van der Waals surface area contributed by atoms with Crippen molar-refractivity contribution in [3.05, 3.63) is 34.9 Å². The molecule has 0 aliphatic heterocycles. The second-order valence-electron chi connectivity index (χ2n) is 4.61. The predicted octanol–water partition coefficient (Wildman–Crippen LogP) is 2.06. The van der Waals surface area contributed by atoms with Crippen LogP contribution in [0.25, 0.3) is 0 Å². The van der Waals surface area contributed by atoms with Crippen LogP contribution in [0.5, 0.6) is 0 Å². The van der Waals surface area contributed by atoms with Crippen LogP contribution in [0.15, 0.2) is 16.7 Å². The average molecular weight is 291 g/mol. The Morgan fingerprint density at radius 3 is 2.71 bits per heavy atom. The number of carbonyl (C=O) groups is 2. The van der Waals surface area contributed by atoms with Gasteiger partial charge >= 0.3 is 5.97 Å². The van der Waals surface area contributed by atoms with E-state index in [1.54, 1.807) is 33.9 Å². The highest BCUT2D eigenvalue weighted by atomic mass is 16.5. The molecule has 1 amide bonds. The van der Waals surface area contributed by atoms with Gasteiger partial charge in [0, 0.05) is 18.8 Å². The van der Waals surface area contributed by atoms with Gasteiger partial charge < -0.3 is 14.5 Å². The number of anilines is 1. The highest BCUT2D eigenvalue weighted by Gasteiger charge is 2.21. The third-order valence-electron chi connectivity index (χ3n) is 2.80. The van der Waals surface area contributed by atoms with Gasteiger partial charge in [0.25, 0.3) is 5.91 Å². The first-order valence-electron chi connectivity index (χ1n) is 6.51. The van der Waals surface area contributed by atoms with Crippen molar-refractivity contribution >= 4 is 17.7 Å². The zero-order chi connectivity index (χ0) is 15.6. The normalized spacial score (nSPS) is 10.5. The quantitative estimate of drug-likeness (QED) is 0.871. The van der Waals surface area contributed by atoms with Gasteiger partial charge in [0.1, 0.15) is 11.3 Å². The van der Waals surface area contributed by atoms with Crippen LogP contribution in [0.1, 0.15) is 39.2 Å². The fourth-order valence-corrected chi connectivity index (χ4v) is 1.97. The SMILES string of the molecule is CCOC(=O)c1cn(C)nc1NC(=O)c1oc(C)cc1C. The van der Waals surface area contributed by atoms with Crippen LogP contribution in [-0.2, 0) is 11.8 Å². The number of aromatic nitrogens is 2. The first-order valence-corrected chi connectivity index (χ1v) is 6.51. The van der Waals surface area contributed by atoms with E-state index in [-0.39, 0.29) is 23.7 Å². The summed E-state index contributed by atoms with van der Waals surface area (Å²) >= 11 is 0. The molecule has 0 bridgehead atoms. The van der Waals surface area contributed by atoms with Crippen LogP contribution >= 0.6 is 0 Å². The second-order valence-corrected chi connectivity index (χ2v) is 4.61. The van der Waals surface area contributed by atoms with Gasteiger partial charge in [-0.15, -0.1) is 0 Å². The molecule has 0 atom stereocenters. The maximum absolute atomic E-state index is 12.2. The molecule has 7 heteroatoms. The van der Waals surface area contributed by atoms with E-state index in [1.807, 2.05) is 0 Å². The monoisotopic (exact) mass is 291 g/mol. The summed E-state index contributed by atoms with van der Waals surface area (Å²) in [5.41, 5.74) is 0.923. The summed E-state index contributed by atoms with van der Waals surface area (Å²) in [5.74, 6) is 0.00440. The summed E-state index contributed by atoms with van der Waals surface area (Å²) < 4.78 is 11.7. The number of ether oxygens (including phenoxy) is 1. The van der Waals surface area contributed by atoms with Crippen molar-refractivity contribution in [3.8, 4) is 0 Å². The molecule has 0 aliphatic rings. The fraction of sp³-hybridized carbons (Fsp3) is 0.357. The number of furan rings is 1. The number of nitrogens with zero attached hydrogens (tertiary/aromatic N) is 2. The van der Waals surface area contributed by atoms with Gasteiger partial charge in [-0.2, -0.15) is 5.10 Å². The lowest BCUT2D eigenvalue weighted by molar-refractivity contribution is 0.0527. The molecule has 0 unspecified atom stereocenters. The Morgan fingerprint density at radius 1 is 1.43 bits per heavy atom. The number of hydrogen-bond acceptors (Lipinski definition) is 5. The van der Waals surface area contributed by atoms with Crippen LogP contribution in [0.4, 0.5) is 5.82 Å². The molecule has 2 aromatic rings. The van der Waals surface area contributed by atoms with E-state index in [4.69, 9.17) is 9.15 Å². The molecule has 0 spiro atoms. The molecule has 0 saturated carbocycles. The Hall–Kier alpha value is -2.57. The Balaban J connectivity index is 2.25. The van der Waals surface area contributed by atoms with Crippen LogP contribution in [0, 0.1) is 13.8 Å². The Kier molecular flexibility index (Phi) is 4.11. The molecule has 21 heavy (non-hydrogen) atoms. The number of rotatable bonds is 4. The minimum Gasteiger partial charge on any atom is -0.462 e. The molecule has 2 heterocycles. The molecule has 0 fully saturated rings. The molecule has 0 saturated heterocycles. The van der Waals surface area contributed by atoms with Gasteiger partial charge in [-0.05, 0) is 26.8 Å². The standard InChI is InChI=1S/C14H17N3O4/c1-5-20-14(19)10-7-17(4)16-12(10)15-13(18)11-8(2)6-9(3)21-11/h6-7H,5H2,1-4H3,(H,15,16,18). The van der Waals surface area contributed by atoms with Gasteiger partial charge in [-0.1, -0.05) is 0 Å². The summed E-state index contributed by atoms with van der Waals surface area (Å²) in [6.07, 6.45) is 1.49. The molecular formula is C14H17N3O4. The molecule has 0 radical (unpaired) electrons. The lowest BCUT2D eigenvalue weighted by Gasteiger charge is -2.03. The minimum atomic E-state index is -0.534. The summed E-state index contributed by atoms with van der Waals surface area (Å²) in [7, 11) is 1.65. The topological polar surface area (TPSA) is 86.4 Å². The third kappa shape index (κ3) is 3.13. The Bertz CT molecular complexity index is 684. The first-order chi connectivity index (χ1) is 9.92. The number of nitrogens with one attached hydrogen (secondary N) is 1. The highest BCUT2D eigenvalue weighted by Crippen LogP contribution is 2.18. The number of esters is 1. The van der Waals surface area contributed by atoms with Gasteiger partial charge in [-0.3, -0.25) is 9.48 Å². The van der Waals surface area contributed by atoms with Crippen molar-refractivity contribution in [2.24, 2.45) is 7.05 Å². The average Bonchev–Trinajstić information content (AvgIpc) is 2.92. The second kappa shape index (κ2) is 5.82. The predicted molar refractivity (Wildman–Crippen MR) is 75.3 cm³/mol. The van der Waals surface area contributed by atoms with Crippen molar-refractivity contribution in [2.45, 2.75) is 20.8 Å². The van der Waals surface area contributed by atoms with Gasteiger partial charge in [0.2, 0.25) is 0 Å². The molecule has 2 aromatic heterocycles. The molecule has 0 aliphatic carbocycles. The highest BCUT2D eigenvalue weighted by molar-refractivity contribution is 6.06. The lowest BCUT2D eigenvalue weighted by Crippen LogP contribution is -2.15. The summed E-state index contributed by atoms with van der Waals surface area (Å²) in [4.78, 5) is 24.0. The minimum absolute atomic E-state index is 0.148. The van der Waals surface area contributed by atoms with Crippen molar-refractivity contribution in [2.75, 3.05) is 11.9 Å². The first kappa shape index (κ1) is 14.8. The van der Waals surface area contributed by atoms with E-state index < -0.39 is 11.9 Å². The smallest absolute Gasteiger partial charge is 0.343 e. The molecule has 7 nitrogen and oxygen atoms in total. The van der Waals surface area contributed by atoms with Gasteiger partial charge in [0.05, 0.1) is 6.61 Å². The number of carbonyl (C=O) groups excluding carboxylic acids is 2. The summed E-state index contributed by atoms with van der Waals surface area (Å²) in [6, 6.07) is 1.76. The van der Waals surface area contributed by atoms with Crippen LogP contribution < -0.4 is 5.32 Å². The van der Waals surface area contributed by atoms with E-state index in [1.165, 1.54) is 10.9 Å². The number of hydrogen-bond donors (Lipinski definition) is 1. The maximum Gasteiger partial charge on any atom is 0.343 e. The maximum atomic E-state index is 12.2. The van der Waals surface area contributed by atoms with E-state index in [9.17, 15) is 9.59 Å². The van der Waals surface area contributed by atoms with Crippen molar-refractivity contribution < 1.29 is 18.7 Å². The molecular weight excluding hydrogens is 274 g/mol. The molecule has 2 rings (SSSR count). The molecule has 0 aromatic carbocycles. The summed E-state index contributed by atoms with van der Waals surface area (Å²) in [5, 5.41) is 6.63. The van der Waals surface area contributed by atoms with E-state index in [0.717, 1.165) is 5.56 Å². The largest absolute Gasteiger partial charge is 0.462 e. The van der Waals surface area contributed by atoms with Crippen LogP contribution in [0.3, 0.4) is 0 Å². The molecule has 1 N–H and O–H groups in total. The zero-order valence-corrected chi connectivity index (χ0v) is 12.4. The van der Waals surface area contributed by atoms with Crippen molar-refractivity contribution in [3.63, 3.8) is 0 Å². The summed E-state index contributed by atoms with van der Waals surface area (Å²) in [6.45, 7) is 5.49. The van der Waals surface area contributed by atoms with Gasteiger partial charge in [0.15, 0.2) is 11.6 Å².